The highest BCUT2D eigenvalue weighted by atomic mass is 32.2. The van der Waals surface area contributed by atoms with Crippen LogP contribution in [0, 0.1) is 5.92 Å². The van der Waals surface area contributed by atoms with Crippen molar-refractivity contribution in [1.29, 1.82) is 0 Å². The molecular formula is C15H30N2O3S. The maximum absolute atomic E-state index is 11.5. The van der Waals surface area contributed by atoms with E-state index >= 15 is 0 Å². The molecule has 0 unspecified atom stereocenters. The monoisotopic (exact) mass is 318 g/mol. The van der Waals surface area contributed by atoms with Crippen LogP contribution < -0.4 is 4.72 Å². The summed E-state index contributed by atoms with van der Waals surface area (Å²) in [6.07, 6.45) is 6.58. The summed E-state index contributed by atoms with van der Waals surface area (Å²) in [6, 6.07) is 0.409. The average molecular weight is 318 g/mol. The first-order valence-electron chi connectivity index (χ1n) is 8.29. The largest absolute Gasteiger partial charge is 0.390 e. The van der Waals surface area contributed by atoms with Gasteiger partial charge in [0.2, 0.25) is 10.0 Å². The smallest absolute Gasteiger partial charge is 0.211 e. The van der Waals surface area contributed by atoms with Crippen molar-refractivity contribution in [3.05, 3.63) is 0 Å². The number of hydrogen-bond donors (Lipinski definition) is 2. The van der Waals surface area contributed by atoms with Crippen LogP contribution in [-0.2, 0) is 10.0 Å². The maximum Gasteiger partial charge on any atom is 0.211 e. The van der Waals surface area contributed by atoms with Crippen molar-refractivity contribution in [2.75, 3.05) is 25.4 Å². The number of hydrogen-bond acceptors (Lipinski definition) is 4. The van der Waals surface area contributed by atoms with Crippen molar-refractivity contribution in [3.63, 3.8) is 0 Å². The second-order valence-corrected chi connectivity index (χ2v) is 8.85. The van der Waals surface area contributed by atoms with Crippen molar-refractivity contribution >= 4 is 10.0 Å². The minimum atomic E-state index is -3.10. The van der Waals surface area contributed by atoms with Gasteiger partial charge in [0, 0.05) is 25.0 Å². The van der Waals surface area contributed by atoms with Gasteiger partial charge in [-0.3, -0.25) is 4.90 Å². The van der Waals surface area contributed by atoms with E-state index in [1.165, 1.54) is 6.42 Å². The van der Waals surface area contributed by atoms with Crippen LogP contribution in [0.4, 0.5) is 0 Å². The van der Waals surface area contributed by atoms with Gasteiger partial charge >= 0.3 is 0 Å². The molecule has 0 amide bonds. The predicted molar refractivity (Wildman–Crippen MR) is 84.6 cm³/mol. The molecule has 2 fully saturated rings. The third-order valence-corrected chi connectivity index (χ3v) is 6.63. The third kappa shape index (κ3) is 4.41. The van der Waals surface area contributed by atoms with Gasteiger partial charge in [-0.25, -0.2) is 13.1 Å². The Morgan fingerprint density at radius 1 is 1.29 bits per heavy atom. The van der Waals surface area contributed by atoms with Gasteiger partial charge < -0.3 is 5.11 Å². The molecule has 2 aliphatic rings. The number of nitrogens with one attached hydrogen (secondary N) is 1. The lowest BCUT2D eigenvalue weighted by atomic mass is 9.72. The zero-order chi connectivity index (χ0) is 15.5. The van der Waals surface area contributed by atoms with E-state index < -0.39 is 15.6 Å². The predicted octanol–water partition coefficient (Wildman–Crippen LogP) is 1.33. The Bertz CT molecular complexity index is 436. The van der Waals surface area contributed by atoms with Crippen LogP contribution in [0.5, 0.6) is 0 Å². The van der Waals surface area contributed by atoms with Crippen LogP contribution in [0.25, 0.3) is 0 Å². The summed E-state index contributed by atoms with van der Waals surface area (Å²) in [5.74, 6) is 0.463. The molecule has 21 heavy (non-hydrogen) atoms. The summed E-state index contributed by atoms with van der Waals surface area (Å²) in [4.78, 5) is 2.38. The summed E-state index contributed by atoms with van der Waals surface area (Å²) < 4.78 is 25.6. The fraction of sp³-hybridized carbons (Fsp3) is 1.00. The van der Waals surface area contributed by atoms with E-state index in [1.54, 1.807) is 6.92 Å². The maximum atomic E-state index is 11.5. The van der Waals surface area contributed by atoms with Gasteiger partial charge in [0.25, 0.3) is 0 Å². The van der Waals surface area contributed by atoms with Crippen LogP contribution in [-0.4, -0.2) is 55.5 Å². The second kappa shape index (κ2) is 6.94. The Labute approximate surface area is 129 Å². The molecule has 2 N–H and O–H groups in total. The Balaban J connectivity index is 1.91. The molecule has 1 aliphatic carbocycles. The van der Waals surface area contributed by atoms with Gasteiger partial charge in [-0.15, -0.1) is 0 Å². The standard InChI is InChI=1S/C15H30N2O3S/c1-3-21(19,20)16-10-12-17-11-6-8-14(17)13-7-4-5-9-15(13,2)18/h13-14,16,18H,3-12H2,1-2H3/t13-,14+,15+/m0/s1. The summed E-state index contributed by atoms with van der Waals surface area (Å²) in [5, 5.41) is 10.7. The Hall–Kier alpha value is -0.170. The van der Waals surface area contributed by atoms with E-state index in [1.807, 2.05) is 6.92 Å². The van der Waals surface area contributed by atoms with Crippen LogP contribution in [0.3, 0.4) is 0 Å². The minimum absolute atomic E-state index is 0.133. The fourth-order valence-electron chi connectivity index (χ4n) is 3.98. The number of nitrogens with zero attached hydrogens (tertiary/aromatic N) is 1. The number of sulfonamides is 1. The number of aliphatic hydroxyl groups is 1. The quantitative estimate of drug-likeness (QED) is 0.775. The molecule has 0 aromatic heterocycles. The van der Waals surface area contributed by atoms with E-state index in [2.05, 4.69) is 9.62 Å². The normalized spacial score (nSPS) is 35.2. The third-order valence-electron chi connectivity index (χ3n) is 5.23. The molecule has 1 aliphatic heterocycles. The van der Waals surface area contributed by atoms with Crippen LogP contribution >= 0.6 is 0 Å². The molecule has 0 aromatic rings. The second-order valence-electron chi connectivity index (χ2n) is 6.75. The average Bonchev–Trinajstić information content (AvgIpc) is 2.86. The molecule has 5 nitrogen and oxygen atoms in total. The molecule has 124 valence electrons. The van der Waals surface area contributed by atoms with Crippen molar-refractivity contribution in [2.24, 2.45) is 5.92 Å². The van der Waals surface area contributed by atoms with Crippen molar-refractivity contribution in [1.82, 2.24) is 9.62 Å². The lowest BCUT2D eigenvalue weighted by Crippen LogP contribution is -2.50. The Morgan fingerprint density at radius 3 is 2.71 bits per heavy atom. The number of rotatable bonds is 6. The first kappa shape index (κ1) is 17.2. The van der Waals surface area contributed by atoms with Gasteiger partial charge in [0.1, 0.15) is 0 Å². The SMILES string of the molecule is CCS(=O)(=O)NCCN1CCC[C@@H]1[C@@H]1CCCC[C@@]1(C)O. The molecule has 3 atom stereocenters. The fourth-order valence-corrected chi connectivity index (χ4v) is 4.59. The van der Waals surface area contributed by atoms with Crippen LogP contribution in [0.2, 0.25) is 0 Å². The molecule has 6 heteroatoms. The van der Waals surface area contributed by atoms with Gasteiger partial charge in [0.15, 0.2) is 0 Å². The first-order valence-corrected chi connectivity index (χ1v) is 9.95. The summed E-state index contributed by atoms with van der Waals surface area (Å²) in [6.45, 7) is 5.87. The molecule has 1 saturated carbocycles. The molecule has 1 saturated heterocycles. The lowest BCUT2D eigenvalue weighted by Gasteiger charge is -2.43. The highest BCUT2D eigenvalue weighted by Crippen LogP contribution is 2.40. The van der Waals surface area contributed by atoms with Gasteiger partial charge in [0.05, 0.1) is 11.4 Å². The van der Waals surface area contributed by atoms with Crippen molar-refractivity contribution < 1.29 is 13.5 Å². The van der Waals surface area contributed by atoms with E-state index in [9.17, 15) is 13.5 Å². The van der Waals surface area contributed by atoms with E-state index in [4.69, 9.17) is 0 Å². The molecular weight excluding hydrogens is 288 g/mol. The summed E-state index contributed by atoms with van der Waals surface area (Å²) in [5.41, 5.74) is -0.561. The van der Waals surface area contributed by atoms with Crippen molar-refractivity contribution in [3.8, 4) is 0 Å². The summed E-state index contributed by atoms with van der Waals surface area (Å²) >= 11 is 0. The van der Waals surface area contributed by atoms with Crippen LogP contribution in [0.1, 0.15) is 52.4 Å². The molecule has 0 spiro atoms. The molecule has 1 heterocycles. The molecule has 0 radical (unpaired) electrons. The zero-order valence-corrected chi connectivity index (χ0v) is 14.2. The van der Waals surface area contributed by atoms with Gasteiger partial charge in [-0.2, -0.15) is 0 Å². The van der Waals surface area contributed by atoms with E-state index in [0.717, 1.165) is 45.2 Å². The van der Waals surface area contributed by atoms with Crippen LogP contribution in [0.15, 0.2) is 0 Å². The minimum Gasteiger partial charge on any atom is -0.390 e. The summed E-state index contributed by atoms with van der Waals surface area (Å²) in [7, 11) is -3.10. The Morgan fingerprint density at radius 2 is 2.05 bits per heavy atom. The zero-order valence-electron chi connectivity index (χ0n) is 13.3. The number of likely N-dealkylation sites (tertiary alicyclic amines) is 1. The highest BCUT2D eigenvalue weighted by Gasteiger charge is 2.42. The first-order chi connectivity index (χ1) is 9.86. The van der Waals surface area contributed by atoms with E-state index in [-0.39, 0.29) is 5.75 Å². The van der Waals surface area contributed by atoms with Gasteiger partial charge in [-0.1, -0.05) is 12.8 Å². The molecule has 0 bridgehead atoms. The Kier molecular flexibility index (Phi) is 5.68. The molecule has 2 rings (SSSR count). The highest BCUT2D eigenvalue weighted by molar-refractivity contribution is 7.89. The van der Waals surface area contributed by atoms with Crippen molar-refractivity contribution in [2.45, 2.75) is 64.0 Å². The topological polar surface area (TPSA) is 69.6 Å². The van der Waals surface area contributed by atoms with E-state index in [0.29, 0.717) is 18.5 Å². The lowest BCUT2D eigenvalue weighted by molar-refractivity contribution is -0.0614. The van der Waals surface area contributed by atoms with Gasteiger partial charge in [-0.05, 0) is 46.1 Å². The molecule has 0 aromatic carbocycles.